The Morgan fingerprint density at radius 3 is 1.75 bits per heavy atom. The molecule has 6 heteroatoms. The van der Waals surface area contributed by atoms with Crippen LogP contribution >= 0.6 is 24.8 Å². The van der Waals surface area contributed by atoms with Crippen LogP contribution in [0.1, 0.15) is 0 Å². The lowest BCUT2D eigenvalue weighted by atomic mass is 10.2. The van der Waals surface area contributed by atoms with Crippen LogP contribution < -0.4 is 10.6 Å². The summed E-state index contributed by atoms with van der Waals surface area (Å²) in [6, 6.07) is 7.36. The maximum atomic E-state index is 8.83. The molecule has 0 atom stereocenters. The summed E-state index contributed by atoms with van der Waals surface area (Å²) in [5, 5.41) is 17.7. The number of nitrogens with zero attached hydrogens (tertiary/aromatic N) is 1. The molecule has 1 rings (SSSR count). The summed E-state index contributed by atoms with van der Waals surface area (Å²) >= 11 is 0. The number of hydrogen-bond acceptors (Lipinski definition) is 4. The molecule has 1 aromatic rings. The van der Waals surface area contributed by atoms with Crippen molar-refractivity contribution in [1.29, 1.82) is 0 Å². The van der Waals surface area contributed by atoms with Gasteiger partial charge < -0.3 is 20.8 Å². The third kappa shape index (κ3) is 5.42. The van der Waals surface area contributed by atoms with E-state index in [4.69, 9.17) is 15.9 Å². The normalized spacial score (nSPS) is 8.88. The fourth-order valence-electron chi connectivity index (χ4n) is 1.30. The fraction of sp³-hybridized carbons (Fsp3) is 0.400. The van der Waals surface area contributed by atoms with E-state index in [0.717, 1.165) is 5.69 Å². The van der Waals surface area contributed by atoms with Crippen molar-refractivity contribution in [3.8, 4) is 0 Å². The van der Waals surface area contributed by atoms with Gasteiger partial charge in [-0.15, -0.1) is 24.8 Å². The molecule has 94 valence electrons. The summed E-state index contributed by atoms with van der Waals surface area (Å²) < 4.78 is 0. The van der Waals surface area contributed by atoms with Crippen LogP contribution in [-0.2, 0) is 0 Å². The van der Waals surface area contributed by atoms with Crippen molar-refractivity contribution >= 4 is 36.2 Å². The molecule has 0 saturated heterocycles. The summed E-state index contributed by atoms with van der Waals surface area (Å²) in [5.41, 5.74) is 7.23. The number of nitrogen functional groups attached to an aromatic ring is 1. The third-order valence-corrected chi connectivity index (χ3v) is 2.00. The minimum Gasteiger partial charge on any atom is -0.399 e. The maximum Gasteiger partial charge on any atom is 0.0606 e. The quantitative estimate of drug-likeness (QED) is 0.695. The first-order chi connectivity index (χ1) is 6.77. The smallest absolute Gasteiger partial charge is 0.0606 e. The van der Waals surface area contributed by atoms with Gasteiger partial charge in [-0.1, -0.05) is 0 Å². The maximum absolute atomic E-state index is 8.83. The monoisotopic (exact) mass is 268 g/mol. The molecule has 0 aliphatic carbocycles. The van der Waals surface area contributed by atoms with E-state index in [9.17, 15) is 0 Å². The van der Waals surface area contributed by atoms with Crippen molar-refractivity contribution in [3.05, 3.63) is 24.3 Å². The Balaban J connectivity index is 0. The zero-order valence-corrected chi connectivity index (χ0v) is 10.5. The van der Waals surface area contributed by atoms with E-state index in [2.05, 4.69) is 0 Å². The van der Waals surface area contributed by atoms with Gasteiger partial charge in [0.05, 0.1) is 13.2 Å². The number of benzene rings is 1. The Bertz CT molecular complexity index is 264. The molecule has 4 nitrogen and oxygen atoms in total. The minimum atomic E-state index is 0. The highest BCUT2D eigenvalue weighted by atomic mass is 35.5. The summed E-state index contributed by atoms with van der Waals surface area (Å²) in [6.45, 7) is 1.18. The van der Waals surface area contributed by atoms with Crippen molar-refractivity contribution in [2.45, 2.75) is 0 Å². The minimum absolute atomic E-state index is 0. The van der Waals surface area contributed by atoms with Crippen LogP contribution in [0.2, 0.25) is 0 Å². The van der Waals surface area contributed by atoms with Crippen molar-refractivity contribution in [1.82, 2.24) is 0 Å². The number of aliphatic hydroxyl groups excluding tert-OH is 2. The van der Waals surface area contributed by atoms with Crippen LogP contribution in [0, 0.1) is 0 Å². The Morgan fingerprint density at radius 2 is 1.38 bits per heavy atom. The van der Waals surface area contributed by atoms with E-state index in [1.807, 2.05) is 17.0 Å². The van der Waals surface area contributed by atoms with Gasteiger partial charge in [0, 0.05) is 24.5 Å². The van der Waals surface area contributed by atoms with Crippen molar-refractivity contribution in [2.75, 3.05) is 36.9 Å². The summed E-state index contributed by atoms with van der Waals surface area (Å²) in [6.07, 6.45) is 0. The fourth-order valence-corrected chi connectivity index (χ4v) is 1.30. The highest BCUT2D eigenvalue weighted by molar-refractivity contribution is 5.85. The van der Waals surface area contributed by atoms with Crippen LogP contribution in [0.15, 0.2) is 24.3 Å². The Labute approximate surface area is 108 Å². The topological polar surface area (TPSA) is 69.7 Å². The van der Waals surface area contributed by atoms with Crippen LogP contribution in [-0.4, -0.2) is 36.5 Å². The van der Waals surface area contributed by atoms with Crippen LogP contribution in [0.5, 0.6) is 0 Å². The van der Waals surface area contributed by atoms with Gasteiger partial charge in [0.1, 0.15) is 0 Å². The average molecular weight is 269 g/mol. The molecule has 0 aliphatic rings. The van der Waals surface area contributed by atoms with Crippen molar-refractivity contribution in [3.63, 3.8) is 0 Å². The molecule has 0 aliphatic heterocycles. The first-order valence-corrected chi connectivity index (χ1v) is 4.60. The van der Waals surface area contributed by atoms with E-state index >= 15 is 0 Å². The van der Waals surface area contributed by atoms with Gasteiger partial charge >= 0.3 is 0 Å². The molecule has 0 unspecified atom stereocenters. The number of anilines is 2. The SMILES string of the molecule is Cl.Cl.Nc1ccc(N(CCO)CCO)cc1. The Hall–Kier alpha value is -0.680. The lowest BCUT2D eigenvalue weighted by Crippen LogP contribution is -2.29. The highest BCUT2D eigenvalue weighted by Gasteiger charge is 2.03. The lowest BCUT2D eigenvalue weighted by Gasteiger charge is -2.22. The second-order valence-electron chi connectivity index (χ2n) is 3.03. The Morgan fingerprint density at radius 1 is 0.938 bits per heavy atom. The van der Waals surface area contributed by atoms with Crippen LogP contribution in [0.4, 0.5) is 11.4 Å². The largest absolute Gasteiger partial charge is 0.399 e. The highest BCUT2D eigenvalue weighted by Crippen LogP contribution is 2.15. The first-order valence-electron chi connectivity index (χ1n) is 4.60. The zero-order chi connectivity index (χ0) is 10.4. The predicted octanol–water partition coefficient (Wildman–Crippen LogP) is 0.903. The second-order valence-corrected chi connectivity index (χ2v) is 3.03. The van der Waals surface area contributed by atoms with Crippen LogP contribution in [0.3, 0.4) is 0 Å². The number of rotatable bonds is 5. The average Bonchev–Trinajstić information content (AvgIpc) is 2.19. The molecule has 0 saturated carbocycles. The van der Waals surface area contributed by atoms with Crippen LogP contribution in [0.25, 0.3) is 0 Å². The zero-order valence-electron chi connectivity index (χ0n) is 8.87. The van der Waals surface area contributed by atoms with Gasteiger partial charge in [-0.2, -0.15) is 0 Å². The molecule has 16 heavy (non-hydrogen) atoms. The molecular weight excluding hydrogens is 251 g/mol. The molecular formula is C10H18Cl2N2O2. The number of nitrogens with two attached hydrogens (primary N) is 1. The Kier molecular flexibility index (Phi) is 10.6. The van der Waals surface area contributed by atoms with E-state index in [-0.39, 0.29) is 38.0 Å². The van der Waals surface area contributed by atoms with E-state index < -0.39 is 0 Å². The third-order valence-electron chi connectivity index (χ3n) is 2.00. The molecule has 0 spiro atoms. The molecule has 0 radical (unpaired) electrons. The molecule has 0 bridgehead atoms. The predicted molar refractivity (Wildman–Crippen MR) is 71.7 cm³/mol. The molecule has 0 fully saturated rings. The molecule has 1 aromatic carbocycles. The number of hydrogen-bond donors (Lipinski definition) is 3. The molecule has 0 amide bonds. The molecule has 0 heterocycles. The standard InChI is InChI=1S/C10H16N2O2.2ClH/c11-9-1-3-10(4-2-9)12(5-7-13)6-8-14;;/h1-4,13-14H,5-8,11H2;2*1H. The van der Waals surface area contributed by atoms with Gasteiger partial charge in [0.2, 0.25) is 0 Å². The molecule has 0 aromatic heterocycles. The number of aliphatic hydroxyl groups is 2. The van der Waals surface area contributed by atoms with Gasteiger partial charge in [0.15, 0.2) is 0 Å². The van der Waals surface area contributed by atoms with Crippen molar-refractivity contribution in [2.24, 2.45) is 0 Å². The first kappa shape index (κ1) is 17.7. The number of halogens is 2. The summed E-state index contributed by atoms with van der Waals surface area (Å²) in [4.78, 5) is 1.90. The van der Waals surface area contributed by atoms with Gasteiger partial charge in [0.25, 0.3) is 0 Å². The summed E-state index contributed by atoms with van der Waals surface area (Å²) in [7, 11) is 0. The van der Waals surface area contributed by atoms with Gasteiger partial charge in [-0.3, -0.25) is 0 Å². The van der Waals surface area contributed by atoms with Crippen molar-refractivity contribution < 1.29 is 10.2 Å². The van der Waals surface area contributed by atoms with E-state index in [0.29, 0.717) is 18.8 Å². The van der Waals surface area contributed by atoms with Gasteiger partial charge in [-0.05, 0) is 24.3 Å². The molecule has 4 N–H and O–H groups in total. The summed E-state index contributed by atoms with van der Waals surface area (Å²) in [5.74, 6) is 0. The second kappa shape index (κ2) is 9.54. The lowest BCUT2D eigenvalue weighted by molar-refractivity contribution is 0.281. The van der Waals surface area contributed by atoms with Gasteiger partial charge in [-0.25, -0.2) is 0 Å². The van der Waals surface area contributed by atoms with E-state index in [1.54, 1.807) is 12.1 Å². The van der Waals surface area contributed by atoms with E-state index in [1.165, 1.54) is 0 Å².